The summed E-state index contributed by atoms with van der Waals surface area (Å²) in [7, 11) is -2.66. The summed E-state index contributed by atoms with van der Waals surface area (Å²) in [6.45, 7) is 38.0. The van der Waals surface area contributed by atoms with Crippen molar-refractivity contribution in [3.8, 4) is 0 Å². The summed E-state index contributed by atoms with van der Waals surface area (Å²) in [4.78, 5) is 23.3. The number of hydrogen-bond acceptors (Lipinski definition) is 5. The Balaban J connectivity index is -0.0000000359. The molecular formula is C34H86N4O4S. The second-order valence-corrected chi connectivity index (χ2v) is 12.4. The van der Waals surface area contributed by atoms with Gasteiger partial charge in [-0.1, -0.05) is 136 Å². The van der Waals surface area contributed by atoms with Crippen molar-refractivity contribution in [2.24, 2.45) is 28.3 Å². The van der Waals surface area contributed by atoms with Gasteiger partial charge in [-0.25, -0.2) is 8.42 Å². The number of nitrogens with one attached hydrogen (secondary N) is 1. The summed E-state index contributed by atoms with van der Waals surface area (Å²) in [5, 5.41) is 2.57. The molecule has 0 aromatic rings. The lowest BCUT2D eigenvalue weighted by molar-refractivity contribution is -0.119. The van der Waals surface area contributed by atoms with Gasteiger partial charge in [0, 0.05) is 38.4 Å². The third-order valence-corrected chi connectivity index (χ3v) is 4.39. The number of nitrogens with two attached hydrogens (primary N) is 2. The Morgan fingerprint density at radius 2 is 0.907 bits per heavy atom. The average Bonchev–Trinajstić information content (AvgIpc) is 2.86. The van der Waals surface area contributed by atoms with Crippen molar-refractivity contribution in [3.63, 3.8) is 0 Å². The summed E-state index contributed by atoms with van der Waals surface area (Å²) in [5.74, 6) is 2.47. The Bertz CT molecular complexity index is 562. The fourth-order valence-electron chi connectivity index (χ4n) is 0.498. The molecule has 0 aliphatic heterocycles. The molecule has 0 aliphatic carbocycles. The van der Waals surface area contributed by atoms with Crippen LogP contribution in [-0.2, 0) is 19.4 Å². The maximum absolute atomic E-state index is 10.0. The van der Waals surface area contributed by atoms with E-state index < -0.39 is 9.84 Å². The van der Waals surface area contributed by atoms with Gasteiger partial charge in [0.1, 0.15) is 9.84 Å². The van der Waals surface area contributed by atoms with Gasteiger partial charge in [-0.15, -0.1) is 0 Å². The quantitative estimate of drug-likeness (QED) is 0.194. The first kappa shape index (κ1) is 68.5. The van der Waals surface area contributed by atoms with E-state index in [4.69, 9.17) is 5.73 Å². The number of nitrogens with zero attached hydrogens (tertiary/aromatic N) is 1. The van der Waals surface area contributed by atoms with Crippen molar-refractivity contribution in [1.82, 2.24) is 5.32 Å². The number of aliphatic imine (C=N–C) groups is 1. The van der Waals surface area contributed by atoms with Gasteiger partial charge in [-0.05, 0) is 32.6 Å². The fourth-order valence-corrected chi connectivity index (χ4v) is 0.498. The Labute approximate surface area is 274 Å². The van der Waals surface area contributed by atoms with Gasteiger partial charge in [0.2, 0.25) is 11.8 Å². The van der Waals surface area contributed by atoms with Gasteiger partial charge in [0.15, 0.2) is 0 Å². The highest BCUT2D eigenvalue weighted by Gasteiger charge is 1.90. The average molecular weight is 647 g/mol. The molecule has 0 saturated carbocycles. The number of primary amides is 1. The molecule has 0 spiro atoms. The zero-order chi connectivity index (χ0) is 36.2. The first-order chi connectivity index (χ1) is 19.2. The molecule has 43 heavy (non-hydrogen) atoms. The molecule has 0 heterocycles. The number of rotatable bonds is 6. The third kappa shape index (κ3) is 333. The molecule has 0 aliphatic rings. The van der Waals surface area contributed by atoms with Crippen LogP contribution in [0, 0.1) is 11.8 Å². The predicted molar refractivity (Wildman–Crippen MR) is 202 cm³/mol. The van der Waals surface area contributed by atoms with Gasteiger partial charge >= 0.3 is 0 Å². The normalized spacial score (nSPS) is 8.72. The van der Waals surface area contributed by atoms with E-state index in [-0.39, 0.29) is 25.0 Å². The minimum absolute atomic E-state index is 0. The third-order valence-electron chi connectivity index (χ3n) is 3.34. The minimum Gasteiger partial charge on any atom is -0.388 e. The predicted octanol–water partition coefficient (Wildman–Crippen LogP) is 9.45. The smallest absolute Gasteiger partial charge is 0.217 e. The molecule has 0 fully saturated rings. The molecule has 0 saturated heterocycles. The molecule has 0 unspecified atom stereocenters. The van der Waals surface area contributed by atoms with E-state index in [1.807, 2.05) is 13.8 Å². The fraction of sp³-hybridized carbons (Fsp3) is 0.912. The zero-order valence-corrected chi connectivity index (χ0v) is 33.0. The highest BCUT2D eigenvalue weighted by Crippen LogP contribution is 1.94. The largest absolute Gasteiger partial charge is 0.388 e. The second kappa shape index (κ2) is 67.8. The topological polar surface area (TPSA) is 145 Å². The zero-order valence-electron chi connectivity index (χ0n) is 32.2. The van der Waals surface area contributed by atoms with E-state index in [0.29, 0.717) is 12.3 Å². The molecule has 0 aromatic heterocycles. The van der Waals surface area contributed by atoms with Gasteiger partial charge < -0.3 is 16.8 Å². The van der Waals surface area contributed by atoms with Crippen LogP contribution in [0.25, 0.3) is 0 Å². The van der Waals surface area contributed by atoms with Crippen LogP contribution >= 0.6 is 0 Å². The first-order valence-electron chi connectivity index (χ1n) is 16.1. The standard InChI is InChI=1S/2C5H12.C4H10N2.C4H9NO.C3H7NO.C3H8O2S.3C3H8.CH4/c2*1-4-5(2)3;1-3-6-4(2)5;1-3-5-4(2)6;1-2-3(4)5;1-3-6(2,4)5;3*1-3-2;/h2*5H,4H2,1-3H3;3H2,1-2H3,(H2,5,6);3H2,1-2H3,(H,5,6);2H2,1H3,(H2,4,5);3H2,1-2H3;3*3H2,1-2H3;1H4. The highest BCUT2D eigenvalue weighted by atomic mass is 32.2. The summed E-state index contributed by atoms with van der Waals surface area (Å²) in [6.07, 6.45) is 8.02. The molecule has 5 N–H and O–H groups in total. The van der Waals surface area contributed by atoms with Crippen molar-refractivity contribution in [2.75, 3.05) is 25.1 Å². The number of hydrogen-bond donors (Lipinski definition) is 3. The Hall–Kier alpha value is -1.64. The van der Waals surface area contributed by atoms with Crippen LogP contribution in [0.4, 0.5) is 0 Å². The second-order valence-electron chi connectivity index (χ2n) is 9.96. The van der Waals surface area contributed by atoms with Gasteiger partial charge in [0.25, 0.3) is 0 Å². The molecule has 0 aromatic carbocycles. The molecule has 272 valence electrons. The Morgan fingerprint density at radius 3 is 0.907 bits per heavy atom. The van der Waals surface area contributed by atoms with Crippen molar-refractivity contribution in [3.05, 3.63) is 0 Å². The van der Waals surface area contributed by atoms with E-state index >= 15 is 0 Å². The molecule has 2 amide bonds. The van der Waals surface area contributed by atoms with Crippen LogP contribution in [0.1, 0.15) is 171 Å². The number of carbonyl (C=O) groups excluding carboxylic acids is 2. The maximum atomic E-state index is 10.0. The minimum atomic E-state index is -2.66. The van der Waals surface area contributed by atoms with Crippen LogP contribution in [0.2, 0.25) is 0 Å². The molecule has 0 rings (SSSR count). The molecule has 0 radical (unpaired) electrons. The number of carbonyl (C=O) groups is 2. The lowest BCUT2D eigenvalue weighted by Gasteiger charge is -1.90. The van der Waals surface area contributed by atoms with Crippen LogP contribution in [0.3, 0.4) is 0 Å². The van der Waals surface area contributed by atoms with E-state index in [1.165, 1.54) is 45.3 Å². The molecule has 9 heteroatoms. The maximum Gasteiger partial charge on any atom is 0.217 e. The summed E-state index contributed by atoms with van der Waals surface area (Å²) < 4.78 is 20.0. The highest BCUT2D eigenvalue weighted by molar-refractivity contribution is 7.90. The SMILES string of the molecule is C.CCC.CCC.CCC.CCC(C)C.CCC(C)C.CCC(N)=O.CCN=C(C)N.CCNC(C)=O.CCS(C)(=O)=O. The lowest BCUT2D eigenvalue weighted by atomic mass is 10.2. The molecule has 8 nitrogen and oxygen atoms in total. The van der Waals surface area contributed by atoms with E-state index in [2.05, 4.69) is 99.1 Å². The van der Waals surface area contributed by atoms with Crippen LogP contribution in [0.15, 0.2) is 4.99 Å². The van der Waals surface area contributed by atoms with Crippen molar-refractivity contribution in [2.45, 2.75) is 171 Å². The van der Waals surface area contributed by atoms with Crippen LogP contribution in [0.5, 0.6) is 0 Å². The Kier molecular flexibility index (Phi) is 108. The van der Waals surface area contributed by atoms with Gasteiger partial charge in [0.05, 0.1) is 5.84 Å². The Morgan fingerprint density at radius 1 is 0.698 bits per heavy atom. The van der Waals surface area contributed by atoms with Gasteiger partial charge in [-0.2, -0.15) is 0 Å². The van der Waals surface area contributed by atoms with Crippen molar-refractivity contribution in [1.29, 1.82) is 0 Å². The number of amidine groups is 1. The van der Waals surface area contributed by atoms with Crippen LogP contribution in [-0.4, -0.2) is 51.2 Å². The van der Waals surface area contributed by atoms with Gasteiger partial charge in [-0.3, -0.25) is 14.6 Å². The summed E-state index contributed by atoms with van der Waals surface area (Å²) in [5.41, 5.74) is 9.81. The van der Waals surface area contributed by atoms with E-state index in [0.717, 1.165) is 24.9 Å². The van der Waals surface area contributed by atoms with E-state index in [9.17, 15) is 18.0 Å². The van der Waals surface area contributed by atoms with Crippen LogP contribution < -0.4 is 16.8 Å². The van der Waals surface area contributed by atoms with E-state index in [1.54, 1.807) is 20.8 Å². The molecule has 0 atom stereocenters. The lowest BCUT2D eigenvalue weighted by Crippen LogP contribution is -2.18. The number of amides is 2. The molecule has 0 bridgehead atoms. The van der Waals surface area contributed by atoms with Crippen molar-refractivity contribution >= 4 is 27.5 Å². The summed E-state index contributed by atoms with van der Waals surface area (Å²) >= 11 is 0. The first-order valence-corrected chi connectivity index (χ1v) is 18.2. The summed E-state index contributed by atoms with van der Waals surface area (Å²) in [6, 6.07) is 0. The number of sulfone groups is 1. The molecular weight excluding hydrogens is 560 g/mol. The van der Waals surface area contributed by atoms with Crippen molar-refractivity contribution < 1.29 is 18.0 Å². The monoisotopic (exact) mass is 647 g/mol.